The number of fused-ring (bicyclic) bond motifs is 1. The Bertz CT molecular complexity index is 1660. The first-order chi connectivity index (χ1) is 19.8. The van der Waals surface area contributed by atoms with Crippen molar-refractivity contribution in [2.45, 2.75) is 44.6 Å². The molecular weight excluding hydrogens is 584 g/mol. The lowest BCUT2D eigenvalue weighted by Gasteiger charge is -2.22. The maximum Gasteiger partial charge on any atom is 0.423 e. The molecule has 224 valence electrons. The predicted molar refractivity (Wildman–Crippen MR) is 133 cm³/mol. The van der Waals surface area contributed by atoms with Gasteiger partial charge in [0, 0.05) is 31.2 Å². The van der Waals surface area contributed by atoms with Crippen LogP contribution in [0.5, 0.6) is 0 Å². The third-order valence-electron chi connectivity index (χ3n) is 6.10. The van der Waals surface area contributed by atoms with Crippen LogP contribution >= 0.6 is 0 Å². The number of alkyl halides is 7. The molecule has 0 fully saturated rings. The molecule has 0 spiro atoms. The quantitative estimate of drug-likeness (QED) is 0.228. The number of hydrogen-bond acceptors (Lipinski definition) is 7. The van der Waals surface area contributed by atoms with Gasteiger partial charge in [0.2, 0.25) is 0 Å². The van der Waals surface area contributed by atoms with Gasteiger partial charge in [0.1, 0.15) is 11.4 Å². The summed E-state index contributed by atoms with van der Waals surface area (Å²) in [6.07, 6.45) is -4.11. The van der Waals surface area contributed by atoms with Gasteiger partial charge in [-0.25, -0.2) is 28.2 Å². The van der Waals surface area contributed by atoms with Gasteiger partial charge < -0.3 is 14.6 Å². The molecule has 4 rings (SSSR count). The van der Waals surface area contributed by atoms with E-state index in [1.54, 1.807) is 5.10 Å². The van der Waals surface area contributed by atoms with Crippen LogP contribution in [-0.2, 0) is 17.5 Å². The van der Waals surface area contributed by atoms with Crippen LogP contribution in [0, 0.1) is 5.82 Å². The Hall–Kier alpha value is -4.41. The number of nitrogens with zero attached hydrogens (tertiary/aromatic N) is 4. The third kappa shape index (κ3) is 7.07. The summed E-state index contributed by atoms with van der Waals surface area (Å²) < 4.78 is 111. The van der Waals surface area contributed by atoms with Crippen molar-refractivity contribution in [1.82, 2.24) is 24.7 Å². The smallest absolute Gasteiger partial charge is 0.378 e. The van der Waals surface area contributed by atoms with E-state index in [1.807, 2.05) is 0 Å². The van der Waals surface area contributed by atoms with E-state index in [4.69, 9.17) is 0 Å². The molecule has 2 N–H and O–H groups in total. The van der Waals surface area contributed by atoms with Gasteiger partial charge in [0.05, 0.1) is 35.0 Å². The van der Waals surface area contributed by atoms with Crippen molar-refractivity contribution in [3.8, 4) is 11.4 Å². The Morgan fingerprint density at radius 3 is 2.40 bits per heavy atom. The topological polar surface area (TPSA) is 115 Å². The number of hydrogen-bond donors (Lipinski definition) is 2. The molecule has 0 aliphatic heterocycles. The molecule has 1 aromatic carbocycles. The first-order valence-electron chi connectivity index (χ1n) is 12.1. The second-order valence-electron chi connectivity index (χ2n) is 8.94. The molecule has 0 amide bonds. The maximum atomic E-state index is 14.9. The molecule has 0 bridgehead atoms. The molecule has 1 unspecified atom stereocenters. The lowest BCUT2D eigenvalue weighted by atomic mass is 10.1. The van der Waals surface area contributed by atoms with Crippen LogP contribution in [0.3, 0.4) is 0 Å². The molecule has 9 nitrogen and oxygen atoms in total. The molecule has 1 atom stereocenters. The molecule has 3 aromatic heterocycles. The van der Waals surface area contributed by atoms with Crippen LogP contribution in [0.15, 0.2) is 52.6 Å². The summed E-state index contributed by atoms with van der Waals surface area (Å²) in [6.45, 7) is -3.99. The van der Waals surface area contributed by atoms with Crippen LogP contribution in [0.2, 0.25) is 0 Å². The monoisotopic (exact) mass is 604 g/mol. The van der Waals surface area contributed by atoms with E-state index in [1.165, 1.54) is 22.9 Å². The standard InChI is InChI=1S/C25H20F8N6O3/c26-17-7-15-12(6-16(17)21-34-8-13(9-35-21)20(27)28)3-5-39(23(15)41)4-1-2-14(11-42-24(29)30)37-18-10-36-38-22(40)19(18)25(31,32)33/h3,5-10,14,20,24H,1-2,4,11H2,(H2,37,38,40). The molecule has 0 radical (unpaired) electrons. The highest BCUT2D eigenvalue weighted by Gasteiger charge is 2.37. The summed E-state index contributed by atoms with van der Waals surface area (Å²) in [5.41, 5.74) is -5.07. The van der Waals surface area contributed by atoms with Gasteiger partial charge in [-0.15, -0.1) is 0 Å². The van der Waals surface area contributed by atoms with Crippen LogP contribution in [-0.4, -0.2) is 44.0 Å². The van der Waals surface area contributed by atoms with Crippen molar-refractivity contribution >= 4 is 16.5 Å². The van der Waals surface area contributed by atoms with Crippen molar-refractivity contribution in [3.05, 3.63) is 80.6 Å². The Kier molecular flexibility index (Phi) is 9.18. The minimum atomic E-state index is -5.07. The molecule has 17 heteroatoms. The number of benzene rings is 1. The molecule has 0 aliphatic carbocycles. The molecule has 0 saturated heterocycles. The Balaban J connectivity index is 1.52. The maximum absolute atomic E-state index is 14.9. The highest BCUT2D eigenvalue weighted by Crippen LogP contribution is 2.32. The molecular formula is C25H20F8N6O3. The zero-order valence-electron chi connectivity index (χ0n) is 21.1. The van der Waals surface area contributed by atoms with Gasteiger partial charge in [0.25, 0.3) is 17.5 Å². The van der Waals surface area contributed by atoms with E-state index in [0.29, 0.717) is 11.6 Å². The lowest BCUT2D eigenvalue weighted by Crippen LogP contribution is -2.32. The van der Waals surface area contributed by atoms with E-state index in [2.05, 4.69) is 25.1 Å². The Morgan fingerprint density at radius 1 is 1.05 bits per heavy atom. The Morgan fingerprint density at radius 2 is 1.76 bits per heavy atom. The summed E-state index contributed by atoms with van der Waals surface area (Å²) in [7, 11) is 0. The SMILES string of the molecule is O=c1[nH]ncc(NC(CCCn2ccc3cc(-c4ncc(C(F)F)cn4)c(F)cc3c2=O)COC(F)F)c1C(F)(F)F. The van der Waals surface area contributed by atoms with E-state index in [9.17, 15) is 44.7 Å². The van der Waals surface area contributed by atoms with Gasteiger partial charge in [-0.2, -0.15) is 27.1 Å². The van der Waals surface area contributed by atoms with Crippen LogP contribution in [0.25, 0.3) is 22.2 Å². The van der Waals surface area contributed by atoms with Crippen LogP contribution in [0.1, 0.15) is 30.4 Å². The molecule has 3 heterocycles. The third-order valence-corrected chi connectivity index (χ3v) is 6.10. The van der Waals surface area contributed by atoms with Crippen molar-refractivity contribution in [2.75, 3.05) is 11.9 Å². The number of nitrogens with one attached hydrogen (secondary N) is 2. The first-order valence-corrected chi connectivity index (χ1v) is 12.1. The largest absolute Gasteiger partial charge is 0.423 e. The fourth-order valence-electron chi connectivity index (χ4n) is 4.15. The molecule has 0 aliphatic rings. The van der Waals surface area contributed by atoms with Gasteiger partial charge in [-0.05, 0) is 36.4 Å². The summed E-state index contributed by atoms with van der Waals surface area (Å²) in [5.74, 6) is -1.06. The minimum absolute atomic E-state index is 0.0387. The minimum Gasteiger partial charge on any atom is -0.378 e. The number of H-pyrrole nitrogens is 1. The van der Waals surface area contributed by atoms with E-state index in [-0.39, 0.29) is 36.2 Å². The van der Waals surface area contributed by atoms with Crippen molar-refractivity contribution < 1.29 is 39.9 Å². The molecule has 0 saturated carbocycles. The zero-order valence-corrected chi connectivity index (χ0v) is 21.1. The van der Waals surface area contributed by atoms with Gasteiger partial charge in [-0.1, -0.05) is 0 Å². The number of anilines is 1. The lowest BCUT2D eigenvalue weighted by molar-refractivity contribution is -0.138. The summed E-state index contributed by atoms with van der Waals surface area (Å²) in [6, 6.07) is 2.55. The second-order valence-corrected chi connectivity index (χ2v) is 8.94. The number of pyridine rings is 1. The number of rotatable bonds is 11. The van der Waals surface area contributed by atoms with Crippen molar-refractivity contribution in [2.24, 2.45) is 0 Å². The average molecular weight is 604 g/mol. The number of halogens is 8. The molecule has 4 aromatic rings. The van der Waals surface area contributed by atoms with Gasteiger partial charge in [-0.3, -0.25) is 9.59 Å². The summed E-state index contributed by atoms with van der Waals surface area (Å²) in [5, 5.41) is 7.60. The predicted octanol–water partition coefficient (Wildman–Crippen LogP) is 5.14. The van der Waals surface area contributed by atoms with E-state index < -0.39 is 65.6 Å². The van der Waals surface area contributed by atoms with Gasteiger partial charge in [0.15, 0.2) is 5.82 Å². The fraction of sp³-hybridized carbons (Fsp3) is 0.320. The van der Waals surface area contributed by atoms with Crippen LogP contribution < -0.4 is 16.4 Å². The van der Waals surface area contributed by atoms with Crippen molar-refractivity contribution in [3.63, 3.8) is 0 Å². The fourth-order valence-corrected chi connectivity index (χ4v) is 4.15. The summed E-state index contributed by atoms with van der Waals surface area (Å²) >= 11 is 0. The number of ether oxygens (including phenoxy) is 1. The highest BCUT2D eigenvalue weighted by atomic mass is 19.4. The second kappa shape index (κ2) is 12.6. The molecule has 42 heavy (non-hydrogen) atoms. The number of aromatic amines is 1. The van der Waals surface area contributed by atoms with Crippen molar-refractivity contribution in [1.29, 1.82) is 0 Å². The van der Waals surface area contributed by atoms with Gasteiger partial charge >= 0.3 is 12.8 Å². The van der Waals surface area contributed by atoms with E-state index >= 15 is 0 Å². The number of aromatic nitrogens is 5. The highest BCUT2D eigenvalue weighted by molar-refractivity contribution is 5.86. The Labute approximate surface area is 230 Å². The zero-order chi connectivity index (χ0) is 30.6. The van der Waals surface area contributed by atoms with E-state index in [0.717, 1.165) is 18.5 Å². The summed E-state index contributed by atoms with van der Waals surface area (Å²) in [4.78, 5) is 32.2. The normalized spacial score (nSPS) is 12.8. The average Bonchev–Trinajstić information content (AvgIpc) is 2.92. The number of aryl methyl sites for hydroxylation is 1. The van der Waals surface area contributed by atoms with Crippen LogP contribution in [0.4, 0.5) is 40.8 Å². The first kappa shape index (κ1) is 30.5.